The lowest BCUT2D eigenvalue weighted by atomic mass is 9.99. The van der Waals surface area contributed by atoms with Gasteiger partial charge >= 0.3 is 0 Å². The largest absolute Gasteiger partial charge is 0.493 e. The van der Waals surface area contributed by atoms with Crippen LogP contribution in [0.15, 0.2) is 24.3 Å². The van der Waals surface area contributed by atoms with Gasteiger partial charge in [-0.1, -0.05) is 13.0 Å². The van der Waals surface area contributed by atoms with Crippen molar-refractivity contribution in [2.24, 2.45) is 5.92 Å². The van der Waals surface area contributed by atoms with Crippen LogP contribution in [0.2, 0.25) is 0 Å². The van der Waals surface area contributed by atoms with Crippen LogP contribution in [0.1, 0.15) is 26.2 Å². The Morgan fingerprint density at radius 2 is 2.15 bits per heavy atom. The fourth-order valence-corrected chi connectivity index (χ4v) is 2.45. The van der Waals surface area contributed by atoms with Gasteiger partial charge < -0.3 is 9.64 Å². The van der Waals surface area contributed by atoms with Gasteiger partial charge in [0.15, 0.2) is 0 Å². The third-order valence-electron chi connectivity index (χ3n) is 3.79. The lowest BCUT2D eigenvalue weighted by Gasteiger charge is -2.30. The summed E-state index contributed by atoms with van der Waals surface area (Å²) >= 11 is 0. The van der Waals surface area contributed by atoms with E-state index in [0.717, 1.165) is 18.9 Å². The summed E-state index contributed by atoms with van der Waals surface area (Å²) in [6.07, 6.45) is 3.52. The van der Waals surface area contributed by atoms with Gasteiger partial charge in [0, 0.05) is 12.6 Å². The Balaban J connectivity index is 1.68. The average molecular weight is 278 g/mol. The van der Waals surface area contributed by atoms with E-state index < -0.39 is 4.92 Å². The molecule has 0 aromatic heterocycles. The number of hydrogen-bond acceptors (Lipinski definition) is 4. The van der Waals surface area contributed by atoms with Crippen LogP contribution in [0.3, 0.4) is 0 Å². The average Bonchev–Trinajstić information content (AvgIpc) is 2.46. The Morgan fingerprint density at radius 3 is 2.85 bits per heavy atom. The molecule has 5 nitrogen and oxygen atoms in total. The van der Waals surface area contributed by atoms with Crippen LogP contribution >= 0.6 is 0 Å². The van der Waals surface area contributed by atoms with Crippen molar-refractivity contribution in [2.45, 2.75) is 26.2 Å². The van der Waals surface area contributed by atoms with Crippen LogP contribution in [-0.4, -0.2) is 36.1 Å². The van der Waals surface area contributed by atoms with E-state index in [1.807, 2.05) is 0 Å². The minimum Gasteiger partial charge on any atom is -0.493 e. The monoisotopic (exact) mass is 278 g/mol. The molecule has 1 saturated heterocycles. The Hall–Kier alpha value is -1.62. The fourth-order valence-electron chi connectivity index (χ4n) is 2.45. The smallest absolute Gasteiger partial charge is 0.273 e. The van der Waals surface area contributed by atoms with E-state index in [0.29, 0.717) is 12.4 Å². The van der Waals surface area contributed by atoms with Crippen LogP contribution < -0.4 is 4.74 Å². The number of benzene rings is 1. The van der Waals surface area contributed by atoms with E-state index >= 15 is 0 Å². The summed E-state index contributed by atoms with van der Waals surface area (Å²) < 4.78 is 5.58. The van der Waals surface area contributed by atoms with Crippen LogP contribution in [0.5, 0.6) is 5.75 Å². The second-order valence-corrected chi connectivity index (χ2v) is 5.48. The lowest BCUT2D eigenvalue weighted by Crippen LogP contribution is -2.34. The summed E-state index contributed by atoms with van der Waals surface area (Å²) in [5, 5.41) is 10.7. The molecular weight excluding hydrogens is 256 g/mol. The maximum atomic E-state index is 10.7. The van der Waals surface area contributed by atoms with Crippen molar-refractivity contribution in [3.8, 4) is 5.75 Å². The first-order valence-electron chi connectivity index (χ1n) is 7.25. The number of nitrogens with zero attached hydrogens (tertiary/aromatic N) is 2. The van der Waals surface area contributed by atoms with Gasteiger partial charge in [-0.25, -0.2) is 0 Å². The van der Waals surface area contributed by atoms with Gasteiger partial charge in [0.1, 0.15) is 5.75 Å². The van der Waals surface area contributed by atoms with Gasteiger partial charge in [0.25, 0.3) is 5.69 Å². The Labute approximate surface area is 119 Å². The molecule has 0 bridgehead atoms. The first-order valence-corrected chi connectivity index (χ1v) is 7.25. The van der Waals surface area contributed by atoms with Crippen molar-refractivity contribution < 1.29 is 9.66 Å². The van der Waals surface area contributed by atoms with E-state index in [4.69, 9.17) is 4.74 Å². The van der Waals surface area contributed by atoms with E-state index in [1.165, 1.54) is 38.1 Å². The lowest BCUT2D eigenvalue weighted by molar-refractivity contribution is -0.384. The summed E-state index contributed by atoms with van der Waals surface area (Å²) in [6, 6.07) is 6.36. The van der Waals surface area contributed by atoms with Gasteiger partial charge in [-0.2, -0.15) is 0 Å². The Kier molecular flexibility index (Phi) is 5.35. The van der Waals surface area contributed by atoms with E-state index in [1.54, 1.807) is 12.1 Å². The topological polar surface area (TPSA) is 55.6 Å². The first-order chi connectivity index (χ1) is 9.65. The zero-order chi connectivity index (χ0) is 14.4. The fraction of sp³-hybridized carbons (Fsp3) is 0.600. The molecule has 2 rings (SSSR count). The number of nitro groups is 1. The summed E-state index contributed by atoms with van der Waals surface area (Å²) in [4.78, 5) is 12.7. The molecule has 0 N–H and O–H groups in total. The number of non-ortho nitro benzene ring substituents is 1. The highest BCUT2D eigenvalue weighted by atomic mass is 16.6. The molecule has 1 heterocycles. The number of hydrogen-bond donors (Lipinski definition) is 0. The van der Waals surface area contributed by atoms with Crippen LogP contribution in [0.4, 0.5) is 5.69 Å². The minimum absolute atomic E-state index is 0.0764. The van der Waals surface area contributed by atoms with Crippen molar-refractivity contribution in [2.75, 3.05) is 26.2 Å². The second kappa shape index (κ2) is 7.24. The molecule has 1 aliphatic rings. The Morgan fingerprint density at radius 1 is 1.40 bits per heavy atom. The van der Waals surface area contributed by atoms with Gasteiger partial charge in [-0.15, -0.1) is 0 Å². The van der Waals surface area contributed by atoms with Crippen molar-refractivity contribution in [1.29, 1.82) is 0 Å². The molecular formula is C15H22N2O3. The molecule has 110 valence electrons. The molecule has 0 atom stereocenters. The molecule has 1 aromatic carbocycles. The molecule has 1 fully saturated rings. The summed E-state index contributed by atoms with van der Waals surface area (Å²) in [7, 11) is 0. The van der Waals surface area contributed by atoms with Gasteiger partial charge in [0.05, 0.1) is 17.6 Å². The van der Waals surface area contributed by atoms with Crippen molar-refractivity contribution in [3.05, 3.63) is 34.4 Å². The number of rotatable bonds is 6. The maximum absolute atomic E-state index is 10.7. The molecule has 0 aliphatic carbocycles. The van der Waals surface area contributed by atoms with E-state index in [9.17, 15) is 10.1 Å². The quantitative estimate of drug-likeness (QED) is 0.456. The van der Waals surface area contributed by atoms with Crippen LogP contribution in [0, 0.1) is 16.0 Å². The molecule has 5 heteroatoms. The SMILES string of the molecule is CC1CCN(CCCOc2cccc([N+](=O)[O-])c2)CC1. The number of piperidine rings is 1. The zero-order valence-electron chi connectivity index (χ0n) is 12.0. The van der Waals surface area contributed by atoms with Gasteiger partial charge in [0.2, 0.25) is 0 Å². The molecule has 0 radical (unpaired) electrons. The predicted octanol–water partition coefficient (Wildman–Crippen LogP) is 3.10. The highest BCUT2D eigenvalue weighted by Gasteiger charge is 2.14. The summed E-state index contributed by atoms with van der Waals surface area (Å²) in [5.41, 5.74) is 0.0764. The molecule has 1 aliphatic heterocycles. The molecule has 20 heavy (non-hydrogen) atoms. The highest BCUT2D eigenvalue weighted by Crippen LogP contribution is 2.19. The van der Waals surface area contributed by atoms with Crippen molar-refractivity contribution >= 4 is 5.69 Å². The zero-order valence-corrected chi connectivity index (χ0v) is 12.0. The maximum Gasteiger partial charge on any atom is 0.273 e. The predicted molar refractivity (Wildman–Crippen MR) is 78.0 cm³/mol. The molecule has 0 amide bonds. The molecule has 0 unspecified atom stereocenters. The highest BCUT2D eigenvalue weighted by molar-refractivity contribution is 5.37. The third-order valence-corrected chi connectivity index (χ3v) is 3.79. The Bertz CT molecular complexity index is 442. The van der Waals surface area contributed by atoms with Crippen molar-refractivity contribution in [1.82, 2.24) is 4.90 Å². The third kappa shape index (κ3) is 4.49. The standard InChI is InChI=1S/C15H22N2O3/c1-13-6-9-16(10-7-13)8-3-11-20-15-5-2-4-14(12-15)17(18)19/h2,4-5,12-13H,3,6-11H2,1H3. The number of likely N-dealkylation sites (tertiary alicyclic amines) is 1. The second-order valence-electron chi connectivity index (χ2n) is 5.48. The van der Waals surface area contributed by atoms with Crippen LogP contribution in [0.25, 0.3) is 0 Å². The first kappa shape index (κ1) is 14.8. The summed E-state index contributed by atoms with van der Waals surface area (Å²) in [6.45, 7) is 6.31. The number of nitro benzene ring substituents is 1. The van der Waals surface area contributed by atoms with Crippen molar-refractivity contribution in [3.63, 3.8) is 0 Å². The molecule has 1 aromatic rings. The molecule has 0 spiro atoms. The molecule has 0 saturated carbocycles. The van der Waals surface area contributed by atoms with Crippen LogP contribution in [-0.2, 0) is 0 Å². The normalized spacial score (nSPS) is 17.1. The van der Waals surface area contributed by atoms with E-state index in [2.05, 4.69) is 11.8 Å². The van der Waals surface area contributed by atoms with Gasteiger partial charge in [-0.05, 0) is 44.3 Å². The minimum atomic E-state index is -0.401. The van der Waals surface area contributed by atoms with Gasteiger partial charge in [-0.3, -0.25) is 10.1 Å². The van der Waals surface area contributed by atoms with E-state index in [-0.39, 0.29) is 5.69 Å². The number of ether oxygens (including phenoxy) is 1. The summed E-state index contributed by atoms with van der Waals surface area (Å²) in [5.74, 6) is 1.43.